The summed E-state index contributed by atoms with van der Waals surface area (Å²) in [5.74, 6) is -1.42. The zero-order valence-corrected chi connectivity index (χ0v) is 12.8. The minimum atomic E-state index is -0.947. The Morgan fingerprint density at radius 1 is 1.25 bits per heavy atom. The molecule has 0 aromatic carbocycles. The van der Waals surface area contributed by atoms with Crippen LogP contribution in [-0.2, 0) is 9.59 Å². The van der Waals surface area contributed by atoms with Crippen LogP contribution in [0.25, 0.3) is 0 Å². The number of nitrogens with one attached hydrogen (secondary N) is 2. The SMILES string of the molecule is O=C(O)[C@H](C[SeH])N[Se]N[C@@H](CCS)C(=O)O. The van der Waals surface area contributed by atoms with Crippen LogP contribution in [0.5, 0.6) is 0 Å². The van der Waals surface area contributed by atoms with E-state index in [0.717, 1.165) is 0 Å². The van der Waals surface area contributed by atoms with Gasteiger partial charge < -0.3 is 0 Å². The van der Waals surface area contributed by atoms with Crippen LogP contribution < -0.4 is 8.67 Å². The van der Waals surface area contributed by atoms with E-state index < -0.39 is 39.4 Å². The van der Waals surface area contributed by atoms with Crippen LogP contribution in [0.3, 0.4) is 0 Å². The molecule has 0 amide bonds. The van der Waals surface area contributed by atoms with E-state index in [-0.39, 0.29) is 0 Å². The van der Waals surface area contributed by atoms with Gasteiger partial charge in [-0.1, -0.05) is 0 Å². The van der Waals surface area contributed by atoms with Gasteiger partial charge in [-0.25, -0.2) is 0 Å². The molecule has 0 aliphatic rings. The van der Waals surface area contributed by atoms with Crippen molar-refractivity contribution in [2.45, 2.75) is 23.8 Å². The first-order chi connectivity index (χ1) is 7.52. The molecule has 0 heterocycles. The van der Waals surface area contributed by atoms with E-state index in [4.69, 9.17) is 10.2 Å². The molecule has 4 N–H and O–H groups in total. The van der Waals surface area contributed by atoms with E-state index in [1.54, 1.807) is 0 Å². The van der Waals surface area contributed by atoms with Crippen molar-refractivity contribution in [3.8, 4) is 0 Å². The van der Waals surface area contributed by atoms with Crippen LogP contribution in [0.15, 0.2) is 0 Å². The second-order valence-electron chi connectivity index (χ2n) is 2.81. The second kappa shape index (κ2) is 9.30. The van der Waals surface area contributed by atoms with Crippen LogP contribution in [0.2, 0.25) is 5.32 Å². The third-order valence-corrected chi connectivity index (χ3v) is 4.31. The monoisotopic (exact) mass is 382 g/mol. The predicted octanol–water partition coefficient (Wildman–Crippen LogP) is -1.75. The number of carboxylic acids is 2. The van der Waals surface area contributed by atoms with E-state index in [0.29, 0.717) is 17.5 Å². The van der Waals surface area contributed by atoms with Crippen molar-refractivity contribution >= 4 is 56.0 Å². The molecule has 0 aromatic heterocycles. The van der Waals surface area contributed by atoms with E-state index in [2.05, 4.69) is 37.3 Å². The fourth-order valence-electron chi connectivity index (χ4n) is 0.704. The van der Waals surface area contributed by atoms with Crippen LogP contribution >= 0.6 is 12.6 Å². The number of carboxylic acid groups (broad SMARTS) is 2. The zero-order chi connectivity index (χ0) is 12.6. The number of hydrogen-bond donors (Lipinski definition) is 5. The summed E-state index contributed by atoms with van der Waals surface area (Å²) in [6.45, 7) is 0. The zero-order valence-electron chi connectivity index (χ0n) is 8.29. The molecule has 0 rings (SSSR count). The van der Waals surface area contributed by atoms with Crippen molar-refractivity contribution in [1.29, 1.82) is 0 Å². The molecule has 2 atom stereocenters. The van der Waals surface area contributed by atoms with Gasteiger partial charge in [-0.2, -0.15) is 0 Å². The fourth-order valence-corrected chi connectivity index (χ4v) is 3.67. The third-order valence-electron chi connectivity index (χ3n) is 1.60. The first kappa shape index (κ1) is 16.2. The first-order valence-corrected chi connectivity index (χ1v) is 8.04. The number of aliphatic carboxylic acids is 2. The molecule has 0 fully saturated rings. The molecule has 6 nitrogen and oxygen atoms in total. The standard InChI is InChI=1S/C7H14N2O4SSe2/c10-6(11)4(1-2-14)8-16-9-5(3-15)7(12)13/h4-5,8-9,14-15H,1-3H2,(H,10,11)(H,12,13)/t4-,5-/m0/s1. The van der Waals surface area contributed by atoms with Gasteiger partial charge in [0.15, 0.2) is 0 Å². The molecule has 0 aliphatic carbocycles. The molecule has 0 saturated carbocycles. The molecule has 16 heavy (non-hydrogen) atoms. The molecule has 0 unspecified atom stereocenters. The van der Waals surface area contributed by atoms with Crippen LogP contribution in [0.1, 0.15) is 6.42 Å². The van der Waals surface area contributed by atoms with Crippen LogP contribution in [0.4, 0.5) is 0 Å². The number of hydrogen-bond acceptors (Lipinski definition) is 5. The van der Waals surface area contributed by atoms with Gasteiger partial charge in [-0.05, 0) is 0 Å². The summed E-state index contributed by atoms with van der Waals surface area (Å²) in [5.41, 5.74) is 0. The van der Waals surface area contributed by atoms with E-state index >= 15 is 0 Å². The van der Waals surface area contributed by atoms with E-state index in [1.807, 2.05) is 0 Å². The van der Waals surface area contributed by atoms with Gasteiger partial charge in [-0.15, -0.1) is 0 Å². The fraction of sp³-hybridized carbons (Fsp3) is 0.714. The van der Waals surface area contributed by atoms with Crippen LogP contribution in [0, 0.1) is 0 Å². The Balaban J connectivity index is 3.93. The Morgan fingerprint density at radius 3 is 2.12 bits per heavy atom. The number of thiol groups is 1. The molecule has 0 saturated heterocycles. The van der Waals surface area contributed by atoms with Gasteiger partial charge in [0.05, 0.1) is 0 Å². The Morgan fingerprint density at radius 2 is 1.75 bits per heavy atom. The van der Waals surface area contributed by atoms with Gasteiger partial charge >= 0.3 is 114 Å². The Labute approximate surface area is 114 Å². The van der Waals surface area contributed by atoms with Gasteiger partial charge in [-0.3, -0.25) is 0 Å². The predicted molar refractivity (Wildman–Crippen MR) is 65.3 cm³/mol. The average Bonchev–Trinajstić information content (AvgIpc) is 2.21. The van der Waals surface area contributed by atoms with Crippen molar-refractivity contribution < 1.29 is 19.8 Å². The molecule has 0 aliphatic heterocycles. The van der Waals surface area contributed by atoms with Gasteiger partial charge in [0.25, 0.3) is 0 Å². The first-order valence-electron chi connectivity index (χ1n) is 4.37. The number of rotatable bonds is 9. The third kappa shape index (κ3) is 6.75. The Bertz CT molecular complexity index is 244. The van der Waals surface area contributed by atoms with E-state index in [9.17, 15) is 9.59 Å². The molecular formula is C7H14N2O4SSe2. The van der Waals surface area contributed by atoms with Gasteiger partial charge in [0.1, 0.15) is 0 Å². The van der Waals surface area contributed by atoms with Crippen molar-refractivity contribution in [3.05, 3.63) is 0 Å². The molecule has 0 bridgehead atoms. The molecule has 9 heteroatoms. The summed E-state index contributed by atoms with van der Waals surface area (Å²) in [6, 6.07) is -1.33. The van der Waals surface area contributed by atoms with Crippen molar-refractivity contribution in [3.63, 3.8) is 0 Å². The normalized spacial score (nSPS) is 14.4. The average molecular weight is 380 g/mol. The summed E-state index contributed by atoms with van der Waals surface area (Å²) in [4.78, 5) is 21.4. The van der Waals surface area contributed by atoms with Crippen LogP contribution in [-0.4, -0.2) is 71.4 Å². The van der Waals surface area contributed by atoms with Crippen molar-refractivity contribution in [2.24, 2.45) is 0 Å². The summed E-state index contributed by atoms with van der Waals surface area (Å²) >= 11 is 5.72. The molecule has 0 spiro atoms. The van der Waals surface area contributed by atoms with Gasteiger partial charge in [0.2, 0.25) is 0 Å². The summed E-state index contributed by atoms with van der Waals surface area (Å²) in [5, 5.41) is 17.9. The molecule has 0 aromatic rings. The molecule has 94 valence electrons. The van der Waals surface area contributed by atoms with Crippen molar-refractivity contribution in [2.75, 3.05) is 5.75 Å². The summed E-state index contributed by atoms with van der Waals surface area (Å²) in [6.07, 6.45) is 0.405. The topological polar surface area (TPSA) is 98.7 Å². The Hall–Kier alpha value is 0.249. The van der Waals surface area contributed by atoms with Crippen molar-refractivity contribution in [1.82, 2.24) is 8.67 Å². The van der Waals surface area contributed by atoms with Gasteiger partial charge in [0, 0.05) is 0 Å². The Kier molecular flexibility index (Phi) is 9.44. The summed E-state index contributed by atoms with van der Waals surface area (Å²) in [7, 11) is 0. The minimum absolute atomic E-state index is 0.399. The number of carbonyl (C=O) groups is 2. The molecular weight excluding hydrogens is 366 g/mol. The second-order valence-corrected chi connectivity index (χ2v) is 5.44. The molecule has 0 radical (unpaired) electrons. The maximum absolute atomic E-state index is 10.7. The maximum atomic E-state index is 10.7. The van der Waals surface area contributed by atoms with E-state index in [1.165, 1.54) is 0 Å². The summed E-state index contributed by atoms with van der Waals surface area (Å²) < 4.78 is 5.53. The quantitative estimate of drug-likeness (QED) is 0.240.